The van der Waals surface area contributed by atoms with E-state index >= 15 is 0 Å². The van der Waals surface area contributed by atoms with Crippen LogP contribution in [-0.2, 0) is 0 Å². The van der Waals surface area contributed by atoms with Gasteiger partial charge in [-0.15, -0.1) is 0 Å². The Kier molecular flexibility index (Phi) is 2.72. The lowest BCUT2D eigenvalue weighted by molar-refractivity contribution is 0.948. The maximum atomic E-state index is 8.86. The molecule has 1 heteroatoms. The molecule has 0 aliphatic carbocycles. The minimum atomic E-state index is 0.000556. The first-order valence-corrected chi connectivity index (χ1v) is 4.53. The van der Waals surface area contributed by atoms with Crippen LogP contribution in [0.2, 0.25) is 0 Å². The van der Waals surface area contributed by atoms with Crippen LogP contribution in [0.4, 0.5) is 0 Å². The highest BCUT2D eigenvalue weighted by molar-refractivity contribution is 5.41. The molecular weight excluding hydrogens is 158 g/mol. The van der Waals surface area contributed by atoms with Gasteiger partial charge in [-0.25, -0.2) is 0 Å². The van der Waals surface area contributed by atoms with Gasteiger partial charge in [0, 0.05) is 0 Å². The number of nitrogens with zero attached hydrogens (tertiary/aromatic N) is 1. The van der Waals surface area contributed by atoms with Crippen molar-refractivity contribution in [3.05, 3.63) is 34.4 Å². The van der Waals surface area contributed by atoms with Crippen molar-refractivity contribution in [2.24, 2.45) is 0 Å². The van der Waals surface area contributed by atoms with E-state index in [9.17, 15) is 0 Å². The summed E-state index contributed by atoms with van der Waals surface area (Å²) in [6, 6.07) is 6.55. The fraction of sp³-hybridized carbons (Fsp3) is 0.417. The van der Waals surface area contributed by atoms with E-state index in [0.29, 0.717) is 0 Å². The summed E-state index contributed by atoms with van der Waals surface area (Å²) in [6.45, 7) is 8.18. The van der Waals surface area contributed by atoms with E-state index in [0.717, 1.165) is 0 Å². The Bertz CT molecular complexity index is 335. The van der Waals surface area contributed by atoms with Crippen LogP contribution in [0.3, 0.4) is 0 Å². The highest BCUT2D eigenvalue weighted by Gasteiger charge is 2.10. The van der Waals surface area contributed by atoms with E-state index in [-0.39, 0.29) is 5.92 Å². The smallest absolute Gasteiger partial charge is 0.0701 e. The standard InChI is InChI=1S/C12H15N/c1-8-5-9(2)12(10(3)6-8)11(4)7-13/h5-6,11H,1-4H3/t11-/m1/s1. The van der Waals surface area contributed by atoms with E-state index in [2.05, 4.69) is 39.0 Å². The van der Waals surface area contributed by atoms with Crippen molar-refractivity contribution in [3.8, 4) is 6.07 Å². The number of hydrogen-bond donors (Lipinski definition) is 0. The third-order valence-corrected chi connectivity index (χ3v) is 2.36. The third kappa shape index (κ3) is 1.89. The summed E-state index contributed by atoms with van der Waals surface area (Å²) in [5, 5.41) is 8.86. The predicted octanol–water partition coefficient (Wildman–Crippen LogP) is 3.24. The number of benzene rings is 1. The summed E-state index contributed by atoms with van der Waals surface area (Å²) in [6.07, 6.45) is 0. The average Bonchev–Trinajstić information content (AvgIpc) is 2.02. The minimum absolute atomic E-state index is 0.000556. The summed E-state index contributed by atoms with van der Waals surface area (Å²) >= 11 is 0. The van der Waals surface area contributed by atoms with Gasteiger partial charge in [-0.1, -0.05) is 17.7 Å². The van der Waals surface area contributed by atoms with Crippen LogP contribution < -0.4 is 0 Å². The van der Waals surface area contributed by atoms with Gasteiger partial charge in [-0.2, -0.15) is 5.26 Å². The van der Waals surface area contributed by atoms with Gasteiger partial charge in [-0.3, -0.25) is 0 Å². The molecule has 0 bridgehead atoms. The first kappa shape index (κ1) is 9.80. The van der Waals surface area contributed by atoms with E-state index in [1.54, 1.807) is 0 Å². The van der Waals surface area contributed by atoms with Crippen LogP contribution in [0.5, 0.6) is 0 Å². The molecule has 0 fully saturated rings. The van der Waals surface area contributed by atoms with Gasteiger partial charge >= 0.3 is 0 Å². The summed E-state index contributed by atoms with van der Waals surface area (Å²) in [5.41, 5.74) is 4.91. The quantitative estimate of drug-likeness (QED) is 0.639. The SMILES string of the molecule is Cc1cc(C)c([C@H](C)C#N)c(C)c1. The van der Waals surface area contributed by atoms with Crippen molar-refractivity contribution in [2.75, 3.05) is 0 Å². The van der Waals surface area contributed by atoms with Gasteiger partial charge in [0.1, 0.15) is 0 Å². The van der Waals surface area contributed by atoms with E-state index in [1.165, 1.54) is 22.3 Å². The second kappa shape index (κ2) is 3.62. The lowest BCUT2D eigenvalue weighted by Crippen LogP contribution is -1.98. The molecule has 0 N–H and O–H groups in total. The molecule has 0 aliphatic heterocycles. The van der Waals surface area contributed by atoms with Crippen molar-refractivity contribution < 1.29 is 0 Å². The summed E-state index contributed by atoms with van der Waals surface area (Å²) in [4.78, 5) is 0. The average molecular weight is 173 g/mol. The topological polar surface area (TPSA) is 23.8 Å². The highest BCUT2D eigenvalue weighted by atomic mass is 14.3. The zero-order valence-corrected chi connectivity index (χ0v) is 8.68. The molecule has 0 saturated heterocycles. The van der Waals surface area contributed by atoms with Gasteiger partial charge in [0.2, 0.25) is 0 Å². The van der Waals surface area contributed by atoms with Crippen LogP contribution in [0.15, 0.2) is 12.1 Å². The van der Waals surface area contributed by atoms with Crippen LogP contribution in [0.1, 0.15) is 35.1 Å². The summed E-state index contributed by atoms with van der Waals surface area (Å²) in [7, 11) is 0. The van der Waals surface area contributed by atoms with Gasteiger partial charge in [-0.05, 0) is 44.4 Å². The first-order valence-electron chi connectivity index (χ1n) is 4.53. The summed E-state index contributed by atoms with van der Waals surface area (Å²) in [5.74, 6) is 0.000556. The second-order valence-electron chi connectivity index (χ2n) is 3.66. The number of aryl methyl sites for hydroxylation is 3. The van der Waals surface area contributed by atoms with Crippen molar-refractivity contribution in [1.82, 2.24) is 0 Å². The monoisotopic (exact) mass is 173 g/mol. The highest BCUT2D eigenvalue weighted by Crippen LogP contribution is 2.24. The molecule has 1 atom stereocenters. The molecule has 1 aromatic carbocycles. The molecule has 0 heterocycles. The maximum Gasteiger partial charge on any atom is 0.0701 e. The largest absolute Gasteiger partial charge is 0.198 e. The van der Waals surface area contributed by atoms with Gasteiger partial charge < -0.3 is 0 Å². The van der Waals surface area contributed by atoms with Crippen LogP contribution in [0.25, 0.3) is 0 Å². The van der Waals surface area contributed by atoms with E-state index in [4.69, 9.17) is 5.26 Å². The fourth-order valence-electron chi connectivity index (χ4n) is 1.94. The number of nitriles is 1. The van der Waals surface area contributed by atoms with Gasteiger partial charge in [0.25, 0.3) is 0 Å². The molecule has 0 aliphatic rings. The predicted molar refractivity (Wildman–Crippen MR) is 54.7 cm³/mol. The van der Waals surface area contributed by atoms with Crippen LogP contribution in [0, 0.1) is 32.1 Å². The Morgan fingerprint density at radius 1 is 1.15 bits per heavy atom. The summed E-state index contributed by atoms with van der Waals surface area (Å²) < 4.78 is 0. The number of hydrogen-bond acceptors (Lipinski definition) is 1. The Morgan fingerprint density at radius 2 is 1.62 bits per heavy atom. The zero-order chi connectivity index (χ0) is 10.0. The molecule has 1 aromatic rings. The van der Waals surface area contributed by atoms with Crippen LogP contribution >= 0.6 is 0 Å². The van der Waals surface area contributed by atoms with E-state index in [1.807, 2.05) is 6.92 Å². The lowest BCUT2D eigenvalue weighted by Gasteiger charge is -2.12. The molecule has 1 nitrogen and oxygen atoms in total. The maximum absolute atomic E-state index is 8.86. The van der Waals surface area contributed by atoms with E-state index < -0.39 is 0 Å². The minimum Gasteiger partial charge on any atom is -0.198 e. The third-order valence-electron chi connectivity index (χ3n) is 2.36. The normalized spacial score (nSPS) is 12.2. The molecule has 0 unspecified atom stereocenters. The lowest BCUT2D eigenvalue weighted by atomic mass is 9.91. The number of rotatable bonds is 1. The van der Waals surface area contributed by atoms with Crippen molar-refractivity contribution in [2.45, 2.75) is 33.6 Å². The Balaban J connectivity index is 3.30. The molecular formula is C12H15N. The Morgan fingerprint density at radius 3 is 2.00 bits per heavy atom. The zero-order valence-electron chi connectivity index (χ0n) is 8.68. The van der Waals surface area contributed by atoms with Crippen LogP contribution in [-0.4, -0.2) is 0 Å². The Hall–Kier alpha value is -1.29. The van der Waals surface area contributed by atoms with Gasteiger partial charge in [0.05, 0.1) is 12.0 Å². The molecule has 13 heavy (non-hydrogen) atoms. The van der Waals surface area contributed by atoms with Crippen molar-refractivity contribution in [1.29, 1.82) is 5.26 Å². The molecule has 68 valence electrons. The molecule has 0 amide bonds. The molecule has 1 rings (SSSR count). The van der Waals surface area contributed by atoms with Gasteiger partial charge in [0.15, 0.2) is 0 Å². The molecule has 0 spiro atoms. The molecule has 0 radical (unpaired) electrons. The van der Waals surface area contributed by atoms with Crippen molar-refractivity contribution in [3.63, 3.8) is 0 Å². The first-order chi connectivity index (χ1) is 6.06. The second-order valence-corrected chi connectivity index (χ2v) is 3.66. The molecule has 0 saturated carbocycles. The molecule has 0 aromatic heterocycles. The van der Waals surface area contributed by atoms with Crippen molar-refractivity contribution >= 4 is 0 Å². The fourth-order valence-corrected chi connectivity index (χ4v) is 1.94. The Labute approximate surface area is 80.0 Å².